The number of rotatable bonds is 4. The lowest BCUT2D eigenvalue weighted by atomic mass is 10.0. The third kappa shape index (κ3) is 4.41. The van der Waals surface area contributed by atoms with E-state index in [1.807, 2.05) is 0 Å². The van der Waals surface area contributed by atoms with Crippen LogP contribution >= 0.6 is 0 Å². The molecule has 2 unspecified atom stereocenters. The summed E-state index contributed by atoms with van der Waals surface area (Å²) in [4.78, 5) is 14.9. The number of benzene rings is 1. The summed E-state index contributed by atoms with van der Waals surface area (Å²) < 4.78 is 79.5. The van der Waals surface area contributed by atoms with Gasteiger partial charge >= 0.3 is 6.18 Å². The van der Waals surface area contributed by atoms with E-state index in [1.165, 1.54) is 11.9 Å². The molecule has 1 saturated heterocycles. The molecular formula is C17H19F6N5O. The van der Waals surface area contributed by atoms with Crippen molar-refractivity contribution in [3.63, 3.8) is 0 Å². The Bertz CT molecular complexity index is 829. The van der Waals surface area contributed by atoms with E-state index >= 15 is 0 Å². The van der Waals surface area contributed by atoms with Crippen molar-refractivity contribution in [3.05, 3.63) is 35.1 Å². The number of piperazine rings is 1. The minimum absolute atomic E-state index is 0.0462. The van der Waals surface area contributed by atoms with Gasteiger partial charge in [0.15, 0.2) is 11.6 Å². The standard InChI is InChI=1S/C17H19F6N5O/c1-26-16(17(21,22)23)28-3-2-27(8-14(28)25-26)15(29)6-10(24)4-9-5-12(19)13(20)7-11(9)18/h5,7,10,16H,2-4,6,8,24H2,1H3. The van der Waals surface area contributed by atoms with Crippen LogP contribution in [0.2, 0.25) is 0 Å². The second kappa shape index (κ2) is 7.73. The number of carbonyl (C=O) groups is 1. The number of hydrogen-bond acceptors (Lipinski definition) is 5. The summed E-state index contributed by atoms with van der Waals surface area (Å²) in [5.74, 6) is -3.84. The van der Waals surface area contributed by atoms with Gasteiger partial charge in [-0.05, 0) is 18.1 Å². The topological polar surface area (TPSA) is 65.2 Å². The van der Waals surface area contributed by atoms with Gasteiger partial charge < -0.3 is 15.5 Å². The lowest BCUT2D eigenvalue weighted by Gasteiger charge is -2.38. The van der Waals surface area contributed by atoms with E-state index in [1.54, 1.807) is 0 Å². The van der Waals surface area contributed by atoms with Gasteiger partial charge in [0.25, 0.3) is 0 Å². The second-order valence-electron chi connectivity index (χ2n) is 7.04. The van der Waals surface area contributed by atoms with Crippen LogP contribution in [-0.4, -0.2) is 71.6 Å². The maximum absolute atomic E-state index is 13.7. The van der Waals surface area contributed by atoms with E-state index in [0.717, 1.165) is 9.91 Å². The Morgan fingerprint density at radius 2 is 1.86 bits per heavy atom. The number of hydrogen-bond donors (Lipinski definition) is 1. The van der Waals surface area contributed by atoms with Crippen molar-refractivity contribution >= 4 is 11.7 Å². The van der Waals surface area contributed by atoms with Crippen LogP contribution in [0.5, 0.6) is 0 Å². The molecule has 2 aliphatic rings. The first-order valence-electron chi connectivity index (χ1n) is 8.77. The fraction of sp³-hybridized carbons (Fsp3) is 0.529. The zero-order chi connectivity index (χ0) is 21.5. The van der Waals surface area contributed by atoms with Crippen molar-refractivity contribution < 1.29 is 31.1 Å². The Hall–Kier alpha value is -2.50. The van der Waals surface area contributed by atoms with Crippen molar-refractivity contribution in [1.82, 2.24) is 14.8 Å². The van der Waals surface area contributed by atoms with Gasteiger partial charge in [-0.2, -0.15) is 18.3 Å². The van der Waals surface area contributed by atoms with Crippen molar-refractivity contribution in [1.29, 1.82) is 0 Å². The molecule has 2 atom stereocenters. The highest BCUT2D eigenvalue weighted by Gasteiger charge is 2.52. The van der Waals surface area contributed by atoms with Gasteiger partial charge in [0.05, 0.1) is 6.54 Å². The van der Waals surface area contributed by atoms with E-state index in [-0.39, 0.29) is 43.9 Å². The lowest BCUT2D eigenvalue weighted by Crippen LogP contribution is -2.58. The Balaban J connectivity index is 1.60. The van der Waals surface area contributed by atoms with Gasteiger partial charge in [0, 0.05) is 38.7 Å². The Morgan fingerprint density at radius 1 is 1.21 bits per heavy atom. The van der Waals surface area contributed by atoms with Gasteiger partial charge in [0.1, 0.15) is 11.7 Å². The number of fused-ring (bicyclic) bond motifs is 1. The molecule has 0 saturated carbocycles. The number of carbonyl (C=O) groups excluding carboxylic acids is 1. The minimum atomic E-state index is -4.50. The molecule has 2 heterocycles. The normalized spacial score (nSPS) is 20.6. The molecule has 0 aliphatic carbocycles. The maximum atomic E-state index is 13.7. The molecule has 12 heteroatoms. The third-order valence-electron chi connectivity index (χ3n) is 4.85. The molecule has 6 nitrogen and oxygen atoms in total. The van der Waals surface area contributed by atoms with Crippen LogP contribution in [0, 0.1) is 17.5 Å². The molecule has 1 aromatic carbocycles. The molecular weight excluding hydrogens is 404 g/mol. The quantitative estimate of drug-likeness (QED) is 0.591. The van der Waals surface area contributed by atoms with E-state index in [9.17, 15) is 31.1 Å². The Morgan fingerprint density at radius 3 is 2.52 bits per heavy atom. The molecule has 1 aromatic rings. The average Bonchev–Trinajstić information content (AvgIpc) is 2.94. The lowest BCUT2D eigenvalue weighted by molar-refractivity contribution is -0.205. The summed E-state index contributed by atoms with van der Waals surface area (Å²) in [6.07, 6.45) is -6.80. The van der Waals surface area contributed by atoms with Crippen molar-refractivity contribution in [2.75, 3.05) is 26.7 Å². The zero-order valence-corrected chi connectivity index (χ0v) is 15.4. The van der Waals surface area contributed by atoms with Crippen LogP contribution < -0.4 is 5.73 Å². The number of amides is 1. The summed E-state index contributed by atoms with van der Waals surface area (Å²) in [6.45, 7) is -0.112. The first kappa shape index (κ1) is 21.2. The molecule has 1 amide bonds. The fourth-order valence-electron chi connectivity index (χ4n) is 3.52. The van der Waals surface area contributed by atoms with Gasteiger partial charge in [0.2, 0.25) is 12.1 Å². The van der Waals surface area contributed by atoms with E-state index in [2.05, 4.69) is 5.10 Å². The van der Waals surface area contributed by atoms with Gasteiger partial charge in [-0.3, -0.25) is 9.80 Å². The van der Waals surface area contributed by atoms with E-state index < -0.39 is 41.7 Å². The van der Waals surface area contributed by atoms with Crippen molar-refractivity contribution in [2.24, 2.45) is 10.8 Å². The molecule has 3 rings (SSSR count). The maximum Gasteiger partial charge on any atom is 0.429 e. The molecule has 1 fully saturated rings. The number of hydrazone groups is 1. The second-order valence-corrected chi connectivity index (χ2v) is 7.04. The van der Waals surface area contributed by atoms with Crippen LogP contribution in [0.3, 0.4) is 0 Å². The zero-order valence-electron chi connectivity index (χ0n) is 15.4. The fourth-order valence-corrected chi connectivity index (χ4v) is 3.52. The smallest absolute Gasteiger partial charge is 0.333 e. The summed E-state index contributed by atoms with van der Waals surface area (Å²) in [6, 6.07) is 0.217. The summed E-state index contributed by atoms with van der Waals surface area (Å²) >= 11 is 0. The van der Waals surface area contributed by atoms with Crippen LogP contribution in [0.25, 0.3) is 0 Å². The van der Waals surface area contributed by atoms with Crippen LogP contribution in [-0.2, 0) is 11.2 Å². The Labute approximate surface area is 162 Å². The molecule has 0 radical (unpaired) electrons. The van der Waals surface area contributed by atoms with Gasteiger partial charge in [-0.15, -0.1) is 0 Å². The monoisotopic (exact) mass is 423 g/mol. The molecule has 0 bridgehead atoms. The highest BCUT2D eigenvalue weighted by Crippen LogP contribution is 2.32. The SMILES string of the molecule is CN1N=C2CN(C(=O)CC(N)Cc3cc(F)c(F)cc3F)CCN2C1C(F)(F)F. The van der Waals surface area contributed by atoms with E-state index in [4.69, 9.17) is 5.73 Å². The predicted octanol–water partition coefficient (Wildman–Crippen LogP) is 1.66. The molecule has 2 aliphatic heterocycles. The number of halogens is 6. The molecule has 29 heavy (non-hydrogen) atoms. The van der Waals surface area contributed by atoms with Gasteiger partial charge in [-0.1, -0.05) is 0 Å². The average molecular weight is 423 g/mol. The van der Waals surface area contributed by atoms with Crippen LogP contribution in [0.15, 0.2) is 17.2 Å². The van der Waals surface area contributed by atoms with E-state index in [0.29, 0.717) is 12.1 Å². The third-order valence-corrected chi connectivity index (χ3v) is 4.85. The summed E-state index contributed by atoms with van der Waals surface area (Å²) in [5, 5.41) is 4.68. The summed E-state index contributed by atoms with van der Waals surface area (Å²) in [5.41, 5.74) is 5.69. The molecule has 2 N–H and O–H groups in total. The highest BCUT2D eigenvalue weighted by atomic mass is 19.4. The molecule has 160 valence electrons. The minimum Gasteiger partial charge on any atom is -0.333 e. The number of nitrogens with zero attached hydrogens (tertiary/aromatic N) is 4. The van der Waals surface area contributed by atoms with Crippen LogP contribution in [0.4, 0.5) is 26.3 Å². The first-order valence-corrected chi connectivity index (χ1v) is 8.77. The van der Waals surface area contributed by atoms with Gasteiger partial charge in [-0.25, -0.2) is 13.2 Å². The number of amidine groups is 1. The number of nitrogens with two attached hydrogens (primary N) is 1. The highest BCUT2D eigenvalue weighted by molar-refractivity contribution is 5.90. The Kier molecular flexibility index (Phi) is 5.65. The van der Waals surface area contributed by atoms with Crippen molar-refractivity contribution in [3.8, 4) is 0 Å². The summed E-state index contributed by atoms with van der Waals surface area (Å²) in [7, 11) is 1.21. The number of alkyl halides is 3. The molecule has 0 spiro atoms. The first-order chi connectivity index (χ1) is 13.5. The predicted molar refractivity (Wildman–Crippen MR) is 90.9 cm³/mol. The largest absolute Gasteiger partial charge is 0.429 e. The van der Waals surface area contributed by atoms with Crippen molar-refractivity contribution in [2.45, 2.75) is 31.2 Å². The molecule has 0 aromatic heterocycles. The van der Waals surface area contributed by atoms with Crippen LogP contribution in [0.1, 0.15) is 12.0 Å².